The van der Waals surface area contributed by atoms with Crippen molar-refractivity contribution >= 4 is 0 Å². The zero-order valence-corrected chi connectivity index (χ0v) is 11.9. The number of benzene rings is 2. The van der Waals surface area contributed by atoms with Gasteiger partial charge in [-0.15, -0.1) is 0 Å². The van der Waals surface area contributed by atoms with Crippen molar-refractivity contribution in [1.29, 1.82) is 0 Å². The third kappa shape index (κ3) is 3.17. The van der Waals surface area contributed by atoms with E-state index in [1.165, 1.54) is 18.7 Å². The fourth-order valence-corrected chi connectivity index (χ4v) is 2.29. The van der Waals surface area contributed by atoms with Crippen LogP contribution in [0.1, 0.15) is 36.1 Å². The number of hydrogen-bond acceptors (Lipinski definition) is 2. The summed E-state index contributed by atoms with van der Waals surface area (Å²) in [5.41, 5.74) is 9.43. The van der Waals surface area contributed by atoms with Gasteiger partial charge in [0, 0.05) is 0 Å². The van der Waals surface area contributed by atoms with Gasteiger partial charge in [-0.3, -0.25) is 0 Å². The minimum Gasteiger partial charge on any atom is -0.494 e. The Morgan fingerprint density at radius 3 is 2.60 bits per heavy atom. The van der Waals surface area contributed by atoms with E-state index in [4.69, 9.17) is 10.5 Å². The van der Waals surface area contributed by atoms with Crippen molar-refractivity contribution in [2.24, 2.45) is 5.73 Å². The lowest BCUT2D eigenvalue weighted by Crippen LogP contribution is -2.12. The van der Waals surface area contributed by atoms with Crippen molar-refractivity contribution in [3.63, 3.8) is 0 Å². The SMILES string of the molecule is CCCc1cccc(C(N)c2ccc(F)c(OC)c2)c1. The lowest BCUT2D eigenvalue weighted by atomic mass is 9.96. The molecule has 0 bridgehead atoms. The Labute approximate surface area is 119 Å². The molecule has 2 nitrogen and oxygen atoms in total. The molecule has 1 unspecified atom stereocenters. The van der Waals surface area contributed by atoms with Crippen LogP contribution in [0, 0.1) is 5.82 Å². The number of halogens is 1. The third-order valence-corrected chi connectivity index (χ3v) is 3.38. The topological polar surface area (TPSA) is 35.2 Å². The number of methoxy groups -OCH3 is 1. The first kappa shape index (κ1) is 14.5. The molecular formula is C17H20FNO. The van der Waals surface area contributed by atoms with E-state index in [9.17, 15) is 4.39 Å². The first-order valence-corrected chi connectivity index (χ1v) is 6.83. The second-order valence-electron chi connectivity index (χ2n) is 4.87. The molecule has 2 aromatic carbocycles. The average molecular weight is 273 g/mol. The molecule has 1 atom stereocenters. The van der Waals surface area contributed by atoms with Crippen LogP contribution < -0.4 is 10.5 Å². The maximum atomic E-state index is 13.4. The summed E-state index contributed by atoms with van der Waals surface area (Å²) in [4.78, 5) is 0. The van der Waals surface area contributed by atoms with Crippen LogP contribution in [0.3, 0.4) is 0 Å². The third-order valence-electron chi connectivity index (χ3n) is 3.38. The highest BCUT2D eigenvalue weighted by molar-refractivity contribution is 5.38. The van der Waals surface area contributed by atoms with Gasteiger partial charge in [0.25, 0.3) is 0 Å². The van der Waals surface area contributed by atoms with E-state index >= 15 is 0 Å². The molecule has 0 aliphatic rings. The van der Waals surface area contributed by atoms with Crippen LogP contribution in [0.15, 0.2) is 42.5 Å². The predicted octanol–water partition coefficient (Wildman–Crippen LogP) is 3.83. The summed E-state index contributed by atoms with van der Waals surface area (Å²) in [6, 6.07) is 12.7. The highest BCUT2D eigenvalue weighted by atomic mass is 19.1. The van der Waals surface area contributed by atoms with E-state index in [1.807, 2.05) is 12.1 Å². The van der Waals surface area contributed by atoms with Crippen LogP contribution in [0.5, 0.6) is 5.75 Å². The first-order chi connectivity index (χ1) is 9.65. The van der Waals surface area contributed by atoms with Crippen molar-refractivity contribution in [1.82, 2.24) is 0 Å². The van der Waals surface area contributed by atoms with E-state index in [0.29, 0.717) is 0 Å². The van der Waals surface area contributed by atoms with Crippen LogP contribution in [0.4, 0.5) is 4.39 Å². The van der Waals surface area contributed by atoms with Gasteiger partial charge in [0.15, 0.2) is 11.6 Å². The van der Waals surface area contributed by atoms with Crippen LogP contribution >= 0.6 is 0 Å². The monoisotopic (exact) mass is 273 g/mol. The average Bonchev–Trinajstić information content (AvgIpc) is 2.48. The van der Waals surface area contributed by atoms with Crippen LogP contribution in [-0.4, -0.2) is 7.11 Å². The second kappa shape index (κ2) is 6.53. The Morgan fingerprint density at radius 1 is 1.15 bits per heavy atom. The summed E-state index contributed by atoms with van der Waals surface area (Å²) in [6.45, 7) is 2.15. The Hall–Kier alpha value is -1.87. The minimum absolute atomic E-state index is 0.225. The minimum atomic E-state index is -0.372. The molecule has 3 heteroatoms. The number of nitrogens with two attached hydrogens (primary N) is 1. The van der Waals surface area contributed by atoms with Gasteiger partial charge in [0.05, 0.1) is 13.2 Å². The molecule has 0 fully saturated rings. The second-order valence-corrected chi connectivity index (χ2v) is 4.87. The number of ether oxygens (including phenoxy) is 1. The normalized spacial score (nSPS) is 12.2. The predicted molar refractivity (Wildman–Crippen MR) is 79.4 cm³/mol. The molecule has 2 N–H and O–H groups in total. The molecule has 20 heavy (non-hydrogen) atoms. The molecule has 0 aromatic heterocycles. The Balaban J connectivity index is 2.30. The van der Waals surface area contributed by atoms with Gasteiger partial charge in [-0.1, -0.05) is 43.7 Å². The van der Waals surface area contributed by atoms with Gasteiger partial charge in [-0.2, -0.15) is 0 Å². The van der Waals surface area contributed by atoms with E-state index in [1.54, 1.807) is 12.1 Å². The van der Waals surface area contributed by atoms with Gasteiger partial charge < -0.3 is 10.5 Å². The summed E-state index contributed by atoms with van der Waals surface area (Å²) in [6.07, 6.45) is 2.14. The molecule has 0 heterocycles. The summed E-state index contributed by atoms with van der Waals surface area (Å²) in [5.74, 6) is -0.147. The fraction of sp³-hybridized carbons (Fsp3) is 0.294. The molecule has 0 aliphatic carbocycles. The van der Waals surface area contributed by atoms with E-state index in [2.05, 4.69) is 19.1 Å². The fourth-order valence-electron chi connectivity index (χ4n) is 2.29. The van der Waals surface area contributed by atoms with Crippen molar-refractivity contribution in [3.05, 3.63) is 65.0 Å². The maximum Gasteiger partial charge on any atom is 0.165 e. The molecule has 2 aromatic rings. The van der Waals surface area contributed by atoms with E-state index in [-0.39, 0.29) is 17.6 Å². The van der Waals surface area contributed by atoms with Crippen LogP contribution in [0.25, 0.3) is 0 Å². The largest absolute Gasteiger partial charge is 0.494 e. The molecule has 0 saturated carbocycles. The van der Waals surface area contributed by atoms with Gasteiger partial charge >= 0.3 is 0 Å². The van der Waals surface area contributed by atoms with E-state index < -0.39 is 0 Å². The number of hydrogen-bond donors (Lipinski definition) is 1. The summed E-state index contributed by atoms with van der Waals surface area (Å²) < 4.78 is 18.4. The smallest absolute Gasteiger partial charge is 0.165 e. The Morgan fingerprint density at radius 2 is 1.90 bits per heavy atom. The summed E-state index contributed by atoms with van der Waals surface area (Å²) >= 11 is 0. The number of rotatable bonds is 5. The van der Waals surface area contributed by atoms with Gasteiger partial charge in [0.2, 0.25) is 0 Å². The van der Waals surface area contributed by atoms with Crippen molar-refractivity contribution < 1.29 is 9.13 Å². The first-order valence-electron chi connectivity index (χ1n) is 6.83. The summed E-state index contributed by atoms with van der Waals surface area (Å²) in [7, 11) is 1.45. The lowest BCUT2D eigenvalue weighted by molar-refractivity contribution is 0.385. The molecule has 0 spiro atoms. The Bertz CT molecular complexity index is 583. The molecule has 0 aliphatic heterocycles. The lowest BCUT2D eigenvalue weighted by Gasteiger charge is -2.15. The molecule has 106 valence electrons. The van der Waals surface area contributed by atoms with Gasteiger partial charge in [-0.05, 0) is 35.2 Å². The summed E-state index contributed by atoms with van der Waals surface area (Å²) in [5, 5.41) is 0. The van der Waals surface area contributed by atoms with Crippen molar-refractivity contribution in [2.45, 2.75) is 25.8 Å². The van der Waals surface area contributed by atoms with Gasteiger partial charge in [0.1, 0.15) is 0 Å². The van der Waals surface area contributed by atoms with Crippen LogP contribution in [0.2, 0.25) is 0 Å². The zero-order valence-electron chi connectivity index (χ0n) is 11.9. The molecule has 0 amide bonds. The molecule has 2 rings (SSSR count). The standard InChI is InChI=1S/C17H20FNO/c1-3-5-12-6-4-7-13(10-12)17(19)14-8-9-15(18)16(11-14)20-2/h4,6-11,17H,3,5,19H2,1-2H3. The Kier molecular flexibility index (Phi) is 4.74. The molecular weight excluding hydrogens is 253 g/mol. The van der Waals surface area contributed by atoms with Crippen LogP contribution in [-0.2, 0) is 6.42 Å². The van der Waals surface area contributed by atoms with Crippen molar-refractivity contribution in [3.8, 4) is 5.75 Å². The maximum absolute atomic E-state index is 13.4. The molecule has 0 radical (unpaired) electrons. The zero-order chi connectivity index (χ0) is 14.5. The molecule has 0 saturated heterocycles. The van der Waals surface area contributed by atoms with E-state index in [0.717, 1.165) is 24.0 Å². The van der Waals surface area contributed by atoms with Gasteiger partial charge in [-0.25, -0.2) is 4.39 Å². The highest BCUT2D eigenvalue weighted by Crippen LogP contribution is 2.26. The highest BCUT2D eigenvalue weighted by Gasteiger charge is 2.12. The quantitative estimate of drug-likeness (QED) is 0.898. The van der Waals surface area contributed by atoms with Crippen molar-refractivity contribution in [2.75, 3.05) is 7.11 Å². The number of aryl methyl sites for hydroxylation is 1.